The van der Waals surface area contributed by atoms with Crippen molar-refractivity contribution in [2.75, 3.05) is 5.73 Å². The molecule has 0 fully saturated rings. The standard InChI is InChI=1S/C25H17FN6/c26-17-7-4-14(5-8-17)19-2-1-3-22-23(19)30-25(29-22)24-20-11-15(6-9-21(20)31-32-24)16-10-18(27)13-28-12-16/h1-13H,27H2,(H,29,30)(H,31,32). The molecule has 6 rings (SSSR count). The van der Waals surface area contributed by atoms with Crippen LogP contribution >= 0.6 is 0 Å². The van der Waals surface area contributed by atoms with Crippen LogP contribution in [0.5, 0.6) is 0 Å². The summed E-state index contributed by atoms with van der Waals surface area (Å²) in [6.45, 7) is 0. The van der Waals surface area contributed by atoms with Gasteiger partial charge in [0.05, 0.1) is 22.2 Å². The Labute approximate surface area is 182 Å². The number of fused-ring (bicyclic) bond motifs is 2. The number of hydrogen-bond acceptors (Lipinski definition) is 4. The van der Waals surface area contributed by atoms with Crippen molar-refractivity contribution in [1.29, 1.82) is 0 Å². The Morgan fingerprint density at radius 3 is 2.50 bits per heavy atom. The first-order valence-electron chi connectivity index (χ1n) is 10.1. The largest absolute Gasteiger partial charge is 0.397 e. The molecular formula is C25H17FN6. The third-order valence-electron chi connectivity index (χ3n) is 5.55. The topological polar surface area (TPSA) is 96.3 Å². The molecule has 0 unspecified atom stereocenters. The molecule has 3 aromatic heterocycles. The number of nitrogen functional groups attached to an aromatic ring is 1. The third kappa shape index (κ3) is 2.99. The number of rotatable bonds is 3. The Balaban J connectivity index is 1.50. The fraction of sp³-hybridized carbons (Fsp3) is 0. The molecule has 0 saturated heterocycles. The maximum Gasteiger partial charge on any atom is 0.159 e. The highest BCUT2D eigenvalue weighted by Gasteiger charge is 2.16. The van der Waals surface area contributed by atoms with Crippen LogP contribution in [0, 0.1) is 5.82 Å². The summed E-state index contributed by atoms with van der Waals surface area (Å²) in [7, 11) is 0. The van der Waals surface area contributed by atoms with Crippen LogP contribution in [0.2, 0.25) is 0 Å². The average molecular weight is 420 g/mol. The van der Waals surface area contributed by atoms with E-state index in [-0.39, 0.29) is 5.82 Å². The molecule has 0 amide bonds. The first-order valence-corrected chi connectivity index (χ1v) is 10.1. The lowest BCUT2D eigenvalue weighted by molar-refractivity contribution is 0.628. The first-order chi connectivity index (χ1) is 15.7. The van der Waals surface area contributed by atoms with E-state index in [2.05, 4.69) is 26.2 Å². The van der Waals surface area contributed by atoms with Crippen molar-refractivity contribution < 1.29 is 4.39 Å². The summed E-state index contributed by atoms with van der Waals surface area (Å²) in [5, 5.41) is 8.54. The Morgan fingerprint density at radius 2 is 1.66 bits per heavy atom. The monoisotopic (exact) mass is 420 g/mol. The number of anilines is 1. The maximum absolute atomic E-state index is 13.4. The molecule has 154 valence electrons. The summed E-state index contributed by atoms with van der Waals surface area (Å²) in [6, 6.07) is 20.3. The molecule has 6 aromatic rings. The van der Waals surface area contributed by atoms with E-state index >= 15 is 0 Å². The second-order valence-corrected chi connectivity index (χ2v) is 7.63. The number of benzene rings is 3. The maximum atomic E-state index is 13.4. The predicted molar refractivity (Wildman–Crippen MR) is 124 cm³/mol. The van der Waals surface area contributed by atoms with Gasteiger partial charge in [0.1, 0.15) is 11.5 Å². The van der Waals surface area contributed by atoms with Gasteiger partial charge in [0.25, 0.3) is 0 Å². The lowest BCUT2D eigenvalue weighted by Crippen LogP contribution is -1.88. The summed E-state index contributed by atoms with van der Waals surface area (Å²) in [6.07, 6.45) is 3.41. The molecule has 0 saturated carbocycles. The molecule has 0 spiro atoms. The first kappa shape index (κ1) is 18.3. The van der Waals surface area contributed by atoms with Gasteiger partial charge in [-0.3, -0.25) is 10.1 Å². The smallest absolute Gasteiger partial charge is 0.159 e. The van der Waals surface area contributed by atoms with Gasteiger partial charge in [-0.25, -0.2) is 9.37 Å². The highest BCUT2D eigenvalue weighted by Crippen LogP contribution is 2.33. The third-order valence-corrected chi connectivity index (χ3v) is 5.55. The van der Waals surface area contributed by atoms with Crippen LogP contribution in [0.25, 0.3) is 55.7 Å². The van der Waals surface area contributed by atoms with Gasteiger partial charge in [0.15, 0.2) is 5.82 Å². The number of aromatic nitrogens is 5. The molecule has 0 atom stereocenters. The van der Waals surface area contributed by atoms with E-state index in [0.29, 0.717) is 11.5 Å². The van der Waals surface area contributed by atoms with Crippen LogP contribution in [-0.2, 0) is 0 Å². The fourth-order valence-electron chi connectivity index (χ4n) is 4.00. The summed E-state index contributed by atoms with van der Waals surface area (Å²) in [5.41, 5.74) is 13.6. The second-order valence-electron chi connectivity index (χ2n) is 7.63. The fourth-order valence-corrected chi connectivity index (χ4v) is 4.00. The summed E-state index contributed by atoms with van der Waals surface area (Å²) >= 11 is 0. The SMILES string of the molecule is Nc1cncc(-c2ccc3[nH]nc(-c4nc5c(-c6ccc(F)cc6)cccc5[nH]4)c3c2)c1. The molecule has 4 N–H and O–H groups in total. The highest BCUT2D eigenvalue weighted by molar-refractivity contribution is 5.98. The molecule has 6 nitrogen and oxygen atoms in total. The van der Waals surface area contributed by atoms with Crippen LogP contribution in [-0.4, -0.2) is 25.1 Å². The van der Waals surface area contributed by atoms with Gasteiger partial charge in [0.2, 0.25) is 0 Å². The Hall–Kier alpha value is -4.52. The summed E-state index contributed by atoms with van der Waals surface area (Å²) in [5.74, 6) is 0.390. The average Bonchev–Trinajstić information content (AvgIpc) is 3.43. The van der Waals surface area contributed by atoms with Gasteiger partial charge in [-0.1, -0.05) is 30.3 Å². The van der Waals surface area contributed by atoms with Gasteiger partial charge in [-0.15, -0.1) is 0 Å². The van der Waals surface area contributed by atoms with Gasteiger partial charge in [-0.2, -0.15) is 5.10 Å². The van der Waals surface area contributed by atoms with Gasteiger partial charge < -0.3 is 10.7 Å². The number of pyridine rings is 1. The number of nitrogens with zero attached hydrogens (tertiary/aromatic N) is 3. The molecule has 3 aromatic carbocycles. The van der Waals surface area contributed by atoms with Crippen molar-refractivity contribution in [3.05, 3.63) is 84.9 Å². The van der Waals surface area contributed by atoms with Crippen molar-refractivity contribution in [2.45, 2.75) is 0 Å². The lowest BCUT2D eigenvalue weighted by Gasteiger charge is -2.03. The summed E-state index contributed by atoms with van der Waals surface area (Å²) in [4.78, 5) is 12.4. The zero-order valence-electron chi connectivity index (χ0n) is 16.8. The van der Waals surface area contributed by atoms with E-state index in [1.54, 1.807) is 24.5 Å². The molecule has 0 aliphatic rings. The minimum atomic E-state index is -0.266. The van der Waals surface area contributed by atoms with Crippen LogP contribution in [0.4, 0.5) is 10.1 Å². The number of hydrogen-bond donors (Lipinski definition) is 3. The normalized spacial score (nSPS) is 11.4. The van der Waals surface area contributed by atoms with Crippen molar-refractivity contribution in [3.8, 4) is 33.8 Å². The molecule has 0 bridgehead atoms. The molecule has 0 aliphatic carbocycles. The van der Waals surface area contributed by atoms with Crippen LogP contribution in [0.3, 0.4) is 0 Å². The minimum absolute atomic E-state index is 0.266. The van der Waals surface area contributed by atoms with Gasteiger partial charge >= 0.3 is 0 Å². The van der Waals surface area contributed by atoms with Crippen LogP contribution in [0.1, 0.15) is 0 Å². The lowest BCUT2D eigenvalue weighted by atomic mass is 10.0. The molecule has 7 heteroatoms. The van der Waals surface area contributed by atoms with Crippen molar-refractivity contribution in [3.63, 3.8) is 0 Å². The zero-order valence-corrected chi connectivity index (χ0v) is 16.8. The van der Waals surface area contributed by atoms with Crippen LogP contribution in [0.15, 0.2) is 79.1 Å². The van der Waals surface area contributed by atoms with E-state index in [4.69, 9.17) is 10.7 Å². The Kier molecular flexibility index (Phi) is 4.01. The molecule has 32 heavy (non-hydrogen) atoms. The number of H-pyrrole nitrogens is 2. The Bertz CT molecular complexity index is 1600. The number of para-hydroxylation sites is 1. The summed E-state index contributed by atoms with van der Waals surface area (Å²) < 4.78 is 13.4. The molecule has 0 radical (unpaired) electrons. The molecule has 0 aliphatic heterocycles. The molecule has 3 heterocycles. The quantitative estimate of drug-likeness (QED) is 0.349. The minimum Gasteiger partial charge on any atom is -0.397 e. The van der Waals surface area contributed by atoms with Crippen molar-refractivity contribution in [2.24, 2.45) is 0 Å². The van der Waals surface area contributed by atoms with Crippen molar-refractivity contribution in [1.82, 2.24) is 25.1 Å². The van der Waals surface area contributed by atoms with E-state index < -0.39 is 0 Å². The van der Waals surface area contributed by atoms with E-state index in [9.17, 15) is 4.39 Å². The second kappa shape index (κ2) is 7.02. The number of nitrogens with one attached hydrogen (secondary N) is 2. The van der Waals surface area contributed by atoms with E-state index in [1.807, 2.05) is 36.4 Å². The van der Waals surface area contributed by atoms with Gasteiger partial charge in [0, 0.05) is 28.9 Å². The van der Waals surface area contributed by atoms with E-state index in [1.165, 1.54) is 12.1 Å². The Morgan fingerprint density at radius 1 is 0.812 bits per heavy atom. The predicted octanol–water partition coefficient (Wildman–Crippen LogP) is 5.56. The van der Waals surface area contributed by atoms with Gasteiger partial charge in [-0.05, 0) is 47.5 Å². The number of halogens is 1. The highest BCUT2D eigenvalue weighted by atomic mass is 19.1. The van der Waals surface area contributed by atoms with Crippen molar-refractivity contribution >= 4 is 27.6 Å². The molecular weight excluding hydrogens is 403 g/mol. The number of aromatic amines is 2. The van der Waals surface area contributed by atoms with Crippen LogP contribution < -0.4 is 5.73 Å². The zero-order chi connectivity index (χ0) is 21.7. The number of nitrogens with two attached hydrogens (primary N) is 1. The number of imidazole rings is 1. The van der Waals surface area contributed by atoms with E-state index in [0.717, 1.165) is 49.9 Å².